The summed E-state index contributed by atoms with van der Waals surface area (Å²) in [4.78, 5) is 9.98. The number of hydrogen-bond donors (Lipinski definition) is 2. The third-order valence-corrected chi connectivity index (χ3v) is 3.37. The summed E-state index contributed by atoms with van der Waals surface area (Å²) in [7, 11) is -4.98. The zero-order valence-corrected chi connectivity index (χ0v) is 9.64. The minimum Gasteiger partial charge on any atom is -0.744 e. The van der Waals surface area contributed by atoms with E-state index in [2.05, 4.69) is 0 Å². The largest absolute Gasteiger partial charge is 0.744 e. The zero-order valence-electron chi connectivity index (χ0n) is 8.82. The van der Waals surface area contributed by atoms with E-state index in [0.29, 0.717) is 0 Å². The molecule has 0 spiro atoms. The third kappa shape index (κ3) is 1.89. The fraction of sp³-hybridized carbons (Fsp3) is 0. The molecule has 2 aromatic carbocycles. The third-order valence-electron chi connectivity index (χ3n) is 2.46. The van der Waals surface area contributed by atoms with Gasteiger partial charge in [-0.05, 0) is 11.5 Å². The van der Waals surface area contributed by atoms with Crippen LogP contribution in [0, 0.1) is 0 Å². The second-order valence-corrected chi connectivity index (χ2v) is 4.90. The smallest absolute Gasteiger partial charge is 0.339 e. The van der Waals surface area contributed by atoms with E-state index in [-0.39, 0.29) is 10.8 Å². The van der Waals surface area contributed by atoms with Crippen molar-refractivity contribution >= 4 is 26.9 Å². The molecule has 0 aliphatic carbocycles. The lowest BCUT2D eigenvalue weighted by Gasteiger charge is -2.14. The highest BCUT2D eigenvalue weighted by Crippen LogP contribution is 2.34. The van der Waals surface area contributed by atoms with Gasteiger partial charge in [0.25, 0.3) is 0 Å². The number of aromatic hydroxyl groups is 1. The summed E-state index contributed by atoms with van der Waals surface area (Å²) < 4.78 is 33.4. The molecule has 0 saturated heterocycles. The lowest BCUT2D eigenvalue weighted by atomic mass is 10.1. The fourth-order valence-electron chi connectivity index (χ4n) is 1.72. The van der Waals surface area contributed by atoms with Crippen LogP contribution < -0.4 is 0 Å². The summed E-state index contributed by atoms with van der Waals surface area (Å²) >= 11 is 0. The van der Waals surface area contributed by atoms with Crippen LogP contribution in [0.2, 0.25) is 0 Å². The highest BCUT2D eigenvalue weighted by Gasteiger charge is 2.20. The average Bonchev–Trinajstić information content (AvgIpc) is 2.25. The molecule has 0 saturated carbocycles. The van der Waals surface area contributed by atoms with E-state index < -0.39 is 32.3 Å². The first kappa shape index (κ1) is 12.3. The minimum atomic E-state index is -4.98. The maximum atomic E-state index is 11.1. The quantitative estimate of drug-likeness (QED) is 0.788. The van der Waals surface area contributed by atoms with E-state index in [1.165, 1.54) is 18.2 Å². The molecule has 0 aromatic heterocycles. The molecule has 0 unspecified atom stereocenters. The number of rotatable bonds is 2. The summed E-state index contributed by atoms with van der Waals surface area (Å²) in [5.74, 6) is -2.54. The predicted molar refractivity (Wildman–Crippen MR) is 60.5 cm³/mol. The number of aromatic carboxylic acids is 1. The van der Waals surface area contributed by atoms with Crippen LogP contribution in [0.3, 0.4) is 0 Å². The minimum absolute atomic E-state index is 0.00463. The Morgan fingerprint density at radius 1 is 1.22 bits per heavy atom. The van der Waals surface area contributed by atoms with Crippen molar-refractivity contribution in [3.05, 3.63) is 35.9 Å². The summed E-state index contributed by atoms with van der Waals surface area (Å²) in [5.41, 5.74) is -0.622. The number of phenols is 1. The second-order valence-electron chi connectivity index (χ2n) is 3.58. The standard InChI is InChI=1S/C11H8O6S/c12-9-8(11(13)14)5-6-3-1-2-4-7(6)10(9)18(15,16)17/h1-5,12H,(H,13,14)(H,15,16,17)/p-1. The van der Waals surface area contributed by atoms with Crippen molar-refractivity contribution < 1.29 is 28.0 Å². The van der Waals surface area contributed by atoms with Crippen molar-refractivity contribution in [3.8, 4) is 5.75 Å². The lowest BCUT2D eigenvalue weighted by Crippen LogP contribution is -2.05. The number of fused-ring (bicyclic) bond motifs is 1. The molecule has 18 heavy (non-hydrogen) atoms. The van der Waals surface area contributed by atoms with Crippen LogP contribution in [0.4, 0.5) is 0 Å². The predicted octanol–water partition coefficient (Wildman–Crippen LogP) is 1.15. The molecule has 0 radical (unpaired) electrons. The number of hydrogen-bond acceptors (Lipinski definition) is 5. The van der Waals surface area contributed by atoms with Gasteiger partial charge in [0.15, 0.2) is 0 Å². The van der Waals surface area contributed by atoms with E-state index in [4.69, 9.17) is 5.11 Å². The lowest BCUT2D eigenvalue weighted by molar-refractivity contribution is 0.0693. The van der Waals surface area contributed by atoms with E-state index >= 15 is 0 Å². The van der Waals surface area contributed by atoms with Crippen molar-refractivity contribution in [2.24, 2.45) is 0 Å². The van der Waals surface area contributed by atoms with Gasteiger partial charge >= 0.3 is 5.97 Å². The average molecular weight is 267 g/mol. The number of benzene rings is 2. The van der Waals surface area contributed by atoms with E-state index in [1.807, 2.05) is 0 Å². The molecule has 0 bridgehead atoms. The Morgan fingerprint density at radius 3 is 2.39 bits per heavy atom. The first-order valence-corrected chi connectivity index (χ1v) is 6.17. The summed E-state index contributed by atoms with van der Waals surface area (Å²) in [5, 5.41) is 18.7. The summed E-state index contributed by atoms with van der Waals surface area (Å²) in [6.45, 7) is 0. The molecule has 0 atom stereocenters. The van der Waals surface area contributed by atoms with Gasteiger partial charge in [-0.3, -0.25) is 0 Å². The van der Waals surface area contributed by atoms with Gasteiger partial charge in [-0.25, -0.2) is 13.2 Å². The molecule has 0 aliphatic rings. The highest BCUT2D eigenvalue weighted by molar-refractivity contribution is 7.86. The van der Waals surface area contributed by atoms with Crippen molar-refractivity contribution in [2.45, 2.75) is 4.90 Å². The van der Waals surface area contributed by atoms with Gasteiger partial charge in [0.1, 0.15) is 26.3 Å². The van der Waals surface area contributed by atoms with Crippen LogP contribution in [-0.2, 0) is 10.1 Å². The maximum Gasteiger partial charge on any atom is 0.339 e. The number of carboxylic acids is 1. The van der Waals surface area contributed by atoms with E-state index in [1.54, 1.807) is 6.07 Å². The first-order valence-electron chi connectivity index (χ1n) is 4.76. The molecule has 94 valence electrons. The van der Waals surface area contributed by atoms with E-state index in [0.717, 1.165) is 6.07 Å². The Balaban J connectivity index is 3.05. The Bertz CT molecular complexity index is 747. The molecule has 0 fully saturated rings. The zero-order chi connectivity index (χ0) is 13.5. The first-order chi connectivity index (χ1) is 8.32. The molecule has 0 heterocycles. The van der Waals surface area contributed by atoms with Crippen LogP contribution in [0.5, 0.6) is 5.75 Å². The van der Waals surface area contributed by atoms with Gasteiger partial charge in [-0.15, -0.1) is 0 Å². The normalized spacial score (nSPS) is 11.6. The molecule has 0 aliphatic heterocycles. The van der Waals surface area contributed by atoms with Gasteiger partial charge in [0.2, 0.25) is 0 Å². The van der Waals surface area contributed by atoms with Gasteiger partial charge in [-0.1, -0.05) is 24.3 Å². The molecule has 7 heteroatoms. The van der Waals surface area contributed by atoms with Gasteiger partial charge < -0.3 is 14.8 Å². The maximum absolute atomic E-state index is 11.1. The molecule has 2 rings (SSSR count). The van der Waals surface area contributed by atoms with Crippen molar-refractivity contribution in [1.29, 1.82) is 0 Å². The molecule has 0 amide bonds. The van der Waals surface area contributed by atoms with Crippen LogP contribution in [0.15, 0.2) is 35.2 Å². The SMILES string of the molecule is O=C(O)c1cc2ccccc2c(S(=O)(=O)[O-])c1O. The summed E-state index contributed by atoms with van der Waals surface area (Å²) in [6, 6.07) is 6.94. The van der Waals surface area contributed by atoms with Crippen molar-refractivity contribution in [1.82, 2.24) is 0 Å². The van der Waals surface area contributed by atoms with Gasteiger partial charge in [-0.2, -0.15) is 0 Å². The molecular formula is C11H7O6S-. The fourth-order valence-corrected chi connectivity index (χ4v) is 2.52. The monoisotopic (exact) mass is 267 g/mol. The van der Waals surface area contributed by atoms with Crippen molar-refractivity contribution in [2.75, 3.05) is 0 Å². The van der Waals surface area contributed by atoms with Crippen LogP contribution in [0.1, 0.15) is 10.4 Å². The van der Waals surface area contributed by atoms with Crippen molar-refractivity contribution in [3.63, 3.8) is 0 Å². The number of carbonyl (C=O) groups is 1. The Hall–Kier alpha value is -2.12. The molecule has 2 N–H and O–H groups in total. The van der Waals surface area contributed by atoms with Gasteiger partial charge in [0.05, 0.1) is 0 Å². The molecular weight excluding hydrogens is 260 g/mol. The van der Waals surface area contributed by atoms with Crippen LogP contribution in [0.25, 0.3) is 10.8 Å². The van der Waals surface area contributed by atoms with Crippen LogP contribution in [-0.4, -0.2) is 29.2 Å². The van der Waals surface area contributed by atoms with Gasteiger partial charge in [0, 0.05) is 5.39 Å². The molecule has 6 nitrogen and oxygen atoms in total. The Kier molecular flexibility index (Phi) is 2.72. The number of carboxylic acid groups (broad SMARTS) is 1. The Labute approximate surface area is 102 Å². The topological polar surface area (TPSA) is 115 Å². The Morgan fingerprint density at radius 2 is 1.83 bits per heavy atom. The van der Waals surface area contributed by atoms with Crippen LogP contribution >= 0.6 is 0 Å². The summed E-state index contributed by atoms with van der Waals surface area (Å²) in [6.07, 6.45) is 0. The molecule has 2 aromatic rings. The van der Waals surface area contributed by atoms with E-state index in [9.17, 15) is 22.9 Å². The second kappa shape index (κ2) is 3.97. The highest BCUT2D eigenvalue weighted by atomic mass is 32.2.